The summed E-state index contributed by atoms with van der Waals surface area (Å²) >= 11 is 7.29. The molecule has 1 fully saturated rings. The quantitative estimate of drug-likeness (QED) is 0.619. The largest absolute Gasteiger partial charge is 0.421 e. The number of piperazine rings is 1. The lowest BCUT2D eigenvalue weighted by Gasteiger charge is -2.36. The van der Waals surface area contributed by atoms with E-state index >= 15 is 0 Å². The molecule has 148 valence electrons. The smallest absolute Gasteiger partial charge is 0.252 e. The third-order valence-corrected chi connectivity index (χ3v) is 8.24. The Hall–Kier alpha value is -1.94. The summed E-state index contributed by atoms with van der Waals surface area (Å²) in [4.78, 5) is 2.17. The molecule has 10 heteroatoms. The van der Waals surface area contributed by atoms with E-state index in [9.17, 15) is 8.42 Å². The number of rotatable bonds is 4. The van der Waals surface area contributed by atoms with Crippen LogP contribution >= 0.6 is 22.9 Å². The summed E-state index contributed by atoms with van der Waals surface area (Å²) in [5, 5.41) is 10.1. The van der Waals surface area contributed by atoms with Gasteiger partial charge in [0.15, 0.2) is 0 Å². The van der Waals surface area contributed by atoms with Crippen LogP contribution in [0, 0.1) is 13.8 Å². The van der Waals surface area contributed by atoms with Crippen molar-refractivity contribution < 1.29 is 12.8 Å². The molecule has 1 saturated heterocycles. The Morgan fingerprint density at radius 2 is 1.86 bits per heavy atom. The normalized spacial score (nSPS) is 15.9. The van der Waals surface area contributed by atoms with Crippen molar-refractivity contribution in [1.82, 2.24) is 14.5 Å². The first-order chi connectivity index (χ1) is 13.3. The third kappa shape index (κ3) is 3.67. The third-order valence-electron chi connectivity index (χ3n) is 4.69. The highest BCUT2D eigenvalue weighted by Crippen LogP contribution is 2.31. The highest BCUT2D eigenvalue weighted by atomic mass is 35.5. The first-order valence-electron chi connectivity index (χ1n) is 8.75. The topological polar surface area (TPSA) is 79.5 Å². The molecule has 2 aromatic heterocycles. The van der Waals surface area contributed by atoms with Gasteiger partial charge in [-0.1, -0.05) is 17.7 Å². The van der Waals surface area contributed by atoms with E-state index in [0.717, 1.165) is 11.3 Å². The van der Waals surface area contributed by atoms with Gasteiger partial charge >= 0.3 is 0 Å². The van der Waals surface area contributed by atoms with Crippen LogP contribution in [0.2, 0.25) is 5.02 Å². The van der Waals surface area contributed by atoms with Crippen molar-refractivity contribution in [2.75, 3.05) is 31.1 Å². The predicted octanol–water partition coefficient (Wildman–Crippen LogP) is 3.58. The van der Waals surface area contributed by atoms with E-state index in [-0.39, 0.29) is 4.21 Å². The van der Waals surface area contributed by atoms with E-state index in [1.807, 2.05) is 25.1 Å². The standard InChI is InChI=1S/C18H19ClN4O3S2/c1-12-3-4-15(19)10-16(12)22-5-7-23(8-6-22)28(24,25)17-9-14(11-27-17)18-21-20-13(2)26-18/h3-4,9-11H,5-8H2,1-2H3. The number of aryl methyl sites for hydroxylation is 2. The Morgan fingerprint density at radius 1 is 1.11 bits per heavy atom. The van der Waals surface area contributed by atoms with E-state index in [1.54, 1.807) is 18.4 Å². The van der Waals surface area contributed by atoms with E-state index < -0.39 is 10.0 Å². The molecule has 0 radical (unpaired) electrons. The van der Waals surface area contributed by atoms with Gasteiger partial charge in [0.05, 0.1) is 5.56 Å². The van der Waals surface area contributed by atoms with Crippen molar-refractivity contribution in [2.45, 2.75) is 18.1 Å². The maximum Gasteiger partial charge on any atom is 0.252 e. The van der Waals surface area contributed by atoms with Crippen molar-refractivity contribution in [3.8, 4) is 11.5 Å². The minimum Gasteiger partial charge on any atom is -0.421 e. The molecule has 1 aliphatic rings. The van der Waals surface area contributed by atoms with E-state index in [2.05, 4.69) is 15.1 Å². The number of anilines is 1. The number of hydrogen-bond acceptors (Lipinski definition) is 7. The van der Waals surface area contributed by atoms with Gasteiger partial charge in [-0.15, -0.1) is 21.5 Å². The van der Waals surface area contributed by atoms with Gasteiger partial charge in [-0.2, -0.15) is 4.31 Å². The summed E-state index contributed by atoms with van der Waals surface area (Å²) in [6.07, 6.45) is 0. The lowest BCUT2D eigenvalue weighted by Crippen LogP contribution is -2.48. The summed E-state index contributed by atoms with van der Waals surface area (Å²) in [6.45, 7) is 5.79. The summed E-state index contributed by atoms with van der Waals surface area (Å²) in [7, 11) is -3.56. The number of sulfonamides is 1. The molecule has 1 aliphatic heterocycles. The van der Waals surface area contributed by atoms with Crippen LogP contribution in [0.5, 0.6) is 0 Å². The summed E-state index contributed by atoms with van der Waals surface area (Å²) in [6, 6.07) is 7.37. The first kappa shape index (κ1) is 19.4. The molecular weight excluding hydrogens is 420 g/mol. The van der Waals surface area contributed by atoms with Crippen molar-refractivity contribution in [1.29, 1.82) is 0 Å². The molecule has 3 heterocycles. The molecule has 4 rings (SSSR count). The molecule has 1 aromatic carbocycles. The Labute approximate surface area is 172 Å². The monoisotopic (exact) mass is 438 g/mol. The molecule has 0 amide bonds. The average Bonchev–Trinajstić information content (AvgIpc) is 3.33. The Bertz CT molecular complexity index is 1100. The predicted molar refractivity (Wildman–Crippen MR) is 110 cm³/mol. The van der Waals surface area contributed by atoms with Gasteiger partial charge < -0.3 is 9.32 Å². The summed E-state index contributed by atoms with van der Waals surface area (Å²) in [5.41, 5.74) is 2.80. The van der Waals surface area contributed by atoms with Crippen LogP contribution in [-0.2, 0) is 10.0 Å². The molecule has 0 atom stereocenters. The van der Waals surface area contributed by atoms with Crippen LogP contribution in [0.3, 0.4) is 0 Å². The Balaban J connectivity index is 1.49. The Kier molecular flexibility index (Phi) is 5.17. The minimum atomic E-state index is -3.56. The van der Waals surface area contributed by atoms with E-state index in [0.29, 0.717) is 48.5 Å². The van der Waals surface area contributed by atoms with Crippen LogP contribution in [0.1, 0.15) is 11.5 Å². The minimum absolute atomic E-state index is 0.283. The molecule has 0 saturated carbocycles. The van der Waals surface area contributed by atoms with Crippen LogP contribution in [0.15, 0.2) is 38.3 Å². The molecule has 3 aromatic rings. The maximum absolute atomic E-state index is 13.0. The number of nitrogens with zero attached hydrogens (tertiary/aromatic N) is 4. The molecule has 0 bridgehead atoms. The number of thiophene rings is 1. The van der Waals surface area contributed by atoms with E-state index in [4.69, 9.17) is 16.0 Å². The van der Waals surface area contributed by atoms with Gasteiger partial charge in [0.1, 0.15) is 4.21 Å². The lowest BCUT2D eigenvalue weighted by molar-refractivity contribution is 0.385. The second-order valence-electron chi connectivity index (χ2n) is 6.60. The average molecular weight is 439 g/mol. The summed E-state index contributed by atoms with van der Waals surface area (Å²) < 4.78 is 33.3. The molecule has 0 N–H and O–H groups in total. The molecule has 0 aliphatic carbocycles. The van der Waals surface area contributed by atoms with Gasteiger partial charge in [0.2, 0.25) is 11.8 Å². The zero-order valence-electron chi connectivity index (χ0n) is 15.4. The first-order valence-corrected chi connectivity index (χ1v) is 11.4. The van der Waals surface area contributed by atoms with Crippen LogP contribution in [-0.4, -0.2) is 49.1 Å². The molecule has 0 unspecified atom stereocenters. The SMILES string of the molecule is Cc1nnc(-c2csc(S(=O)(=O)N3CCN(c4cc(Cl)ccc4C)CC3)c2)o1. The van der Waals surface area contributed by atoms with Gasteiger partial charge in [0, 0.05) is 49.2 Å². The second-order valence-corrected chi connectivity index (χ2v) is 10.1. The molecule has 7 nitrogen and oxygen atoms in total. The van der Waals surface area contributed by atoms with Gasteiger partial charge in [-0.25, -0.2) is 8.42 Å². The number of hydrogen-bond donors (Lipinski definition) is 0. The highest BCUT2D eigenvalue weighted by Gasteiger charge is 2.30. The van der Waals surface area contributed by atoms with Crippen molar-refractivity contribution in [2.24, 2.45) is 0 Å². The fourth-order valence-electron chi connectivity index (χ4n) is 3.20. The van der Waals surface area contributed by atoms with Gasteiger partial charge in [0.25, 0.3) is 10.0 Å². The lowest BCUT2D eigenvalue weighted by atomic mass is 10.1. The molecule has 0 spiro atoms. The van der Waals surface area contributed by atoms with Crippen LogP contribution in [0.4, 0.5) is 5.69 Å². The van der Waals surface area contributed by atoms with Crippen molar-refractivity contribution in [3.05, 3.63) is 46.1 Å². The number of benzene rings is 1. The maximum atomic E-state index is 13.0. The van der Waals surface area contributed by atoms with Gasteiger partial charge in [-0.05, 0) is 30.7 Å². The fourth-order valence-corrected chi connectivity index (χ4v) is 6.09. The zero-order chi connectivity index (χ0) is 19.9. The van der Waals surface area contributed by atoms with Crippen LogP contribution < -0.4 is 4.90 Å². The molecule has 28 heavy (non-hydrogen) atoms. The van der Waals surface area contributed by atoms with E-state index in [1.165, 1.54) is 15.6 Å². The second kappa shape index (κ2) is 7.47. The van der Waals surface area contributed by atoms with Crippen molar-refractivity contribution in [3.63, 3.8) is 0 Å². The number of aromatic nitrogens is 2. The van der Waals surface area contributed by atoms with Crippen LogP contribution in [0.25, 0.3) is 11.5 Å². The number of halogens is 1. The zero-order valence-corrected chi connectivity index (χ0v) is 17.8. The molecular formula is C18H19ClN4O3S2. The van der Waals surface area contributed by atoms with Gasteiger partial charge in [-0.3, -0.25) is 0 Å². The highest BCUT2D eigenvalue weighted by molar-refractivity contribution is 7.91. The van der Waals surface area contributed by atoms with Crippen molar-refractivity contribution >= 4 is 38.6 Å². The fraction of sp³-hybridized carbons (Fsp3) is 0.333. The summed E-state index contributed by atoms with van der Waals surface area (Å²) in [5.74, 6) is 0.773. The Morgan fingerprint density at radius 3 is 2.54 bits per heavy atom.